The average Bonchev–Trinajstić information content (AvgIpc) is 2.27. The molecule has 0 saturated carbocycles. The molecule has 1 aromatic rings. The van der Waals surface area contributed by atoms with Crippen LogP contribution in [0.3, 0.4) is 0 Å². The van der Waals surface area contributed by atoms with Gasteiger partial charge in [-0.05, 0) is 54.4 Å². The molecule has 0 radical (unpaired) electrons. The second-order valence-electron chi connectivity index (χ2n) is 6.00. The van der Waals surface area contributed by atoms with E-state index in [9.17, 15) is 4.39 Å². The molecule has 1 heteroatoms. The van der Waals surface area contributed by atoms with Crippen molar-refractivity contribution in [3.63, 3.8) is 0 Å². The molecule has 0 nitrogen and oxygen atoms in total. The third-order valence-corrected chi connectivity index (χ3v) is 4.67. The molecule has 1 aliphatic carbocycles. The fraction of sp³-hybridized carbons (Fsp3) is 0.625. The van der Waals surface area contributed by atoms with Crippen LogP contribution < -0.4 is 0 Å². The molecule has 2 rings (SSSR count). The predicted octanol–water partition coefficient (Wildman–Crippen LogP) is 4.71. The second-order valence-corrected chi connectivity index (χ2v) is 6.00. The summed E-state index contributed by atoms with van der Waals surface area (Å²) in [5.41, 5.74) is 2.80. The van der Waals surface area contributed by atoms with Gasteiger partial charge in [0.05, 0.1) is 0 Å². The van der Waals surface area contributed by atoms with Crippen molar-refractivity contribution >= 4 is 0 Å². The maximum absolute atomic E-state index is 13.6. The normalized spacial score (nSPS) is 18.5. The monoisotopic (exact) mass is 234 g/mol. The first-order chi connectivity index (χ1) is 7.98. The van der Waals surface area contributed by atoms with Crippen LogP contribution in [0.2, 0.25) is 0 Å². The molecule has 0 amide bonds. The first-order valence-corrected chi connectivity index (χ1v) is 6.77. The average molecular weight is 234 g/mol. The van der Waals surface area contributed by atoms with Crippen LogP contribution in [0.1, 0.15) is 51.7 Å². The van der Waals surface area contributed by atoms with Crippen LogP contribution in [0.4, 0.5) is 4.39 Å². The Balaban J connectivity index is 2.61. The fourth-order valence-electron chi connectivity index (χ4n) is 3.77. The predicted molar refractivity (Wildman–Crippen MR) is 70.7 cm³/mol. The molecule has 0 atom stereocenters. The van der Waals surface area contributed by atoms with E-state index in [2.05, 4.69) is 27.7 Å². The molecular formula is C16H23F. The van der Waals surface area contributed by atoms with E-state index in [1.165, 1.54) is 24.0 Å². The van der Waals surface area contributed by atoms with Gasteiger partial charge in [0.1, 0.15) is 5.82 Å². The Morgan fingerprint density at radius 2 is 1.76 bits per heavy atom. The molecule has 0 N–H and O–H groups in total. The number of hydrogen-bond acceptors (Lipinski definition) is 0. The maximum Gasteiger partial charge on any atom is 0.123 e. The van der Waals surface area contributed by atoms with Crippen molar-refractivity contribution in [3.05, 3.63) is 35.1 Å². The van der Waals surface area contributed by atoms with Crippen molar-refractivity contribution in [1.82, 2.24) is 0 Å². The Hall–Kier alpha value is -0.850. The zero-order valence-corrected chi connectivity index (χ0v) is 11.4. The van der Waals surface area contributed by atoms with E-state index < -0.39 is 0 Å². The third kappa shape index (κ3) is 1.90. The van der Waals surface area contributed by atoms with Crippen molar-refractivity contribution in [1.29, 1.82) is 0 Å². The highest BCUT2D eigenvalue weighted by Gasteiger charge is 2.41. The van der Waals surface area contributed by atoms with Crippen LogP contribution in [0.15, 0.2) is 18.2 Å². The minimum absolute atomic E-state index is 0.0867. The van der Waals surface area contributed by atoms with Gasteiger partial charge in [-0.1, -0.05) is 33.8 Å². The zero-order chi connectivity index (χ0) is 12.6. The first kappa shape index (κ1) is 12.6. The van der Waals surface area contributed by atoms with E-state index in [0.29, 0.717) is 11.8 Å². The Bertz CT molecular complexity index is 396. The van der Waals surface area contributed by atoms with Crippen molar-refractivity contribution in [2.75, 3.05) is 0 Å². The van der Waals surface area contributed by atoms with Crippen LogP contribution in [0.5, 0.6) is 0 Å². The summed E-state index contributed by atoms with van der Waals surface area (Å²) in [6.07, 6.45) is 3.53. The molecule has 0 bridgehead atoms. The lowest BCUT2D eigenvalue weighted by molar-refractivity contribution is 0.185. The first-order valence-electron chi connectivity index (χ1n) is 6.77. The van der Waals surface area contributed by atoms with Crippen LogP contribution in [0.25, 0.3) is 0 Å². The van der Waals surface area contributed by atoms with Gasteiger partial charge in [0.15, 0.2) is 0 Å². The highest BCUT2D eigenvalue weighted by Crippen LogP contribution is 2.48. The van der Waals surface area contributed by atoms with E-state index in [0.717, 1.165) is 6.42 Å². The number of benzene rings is 1. The minimum Gasteiger partial charge on any atom is -0.207 e. The van der Waals surface area contributed by atoms with Crippen LogP contribution >= 0.6 is 0 Å². The van der Waals surface area contributed by atoms with E-state index >= 15 is 0 Å². The van der Waals surface area contributed by atoms with Crippen LogP contribution in [-0.4, -0.2) is 0 Å². The Kier molecular flexibility index (Phi) is 3.29. The molecule has 1 aliphatic rings. The van der Waals surface area contributed by atoms with Crippen LogP contribution in [-0.2, 0) is 11.8 Å². The lowest BCUT2D eigenvalue weighted by Gasteiger charge is -2.46. The minimum atomic E-state index is -0.0867. The van der Waals surface area contributed by atoms with Gasteiger partial charge >= 0.3 is 0 Å². The summed E-state index contributed by atoms with van der Waals surface area (Å²) >= 11 is 0. The van der Waals surface area contributed by atoms with Crippen molar-refractivity contribution in [2.24, 2.45) is 11.8 Å². The number of halogens is 1. The zero-order valence-electron chi connectivity index (χ0n) is 11.4. The molecule has 17 heavy (non-hydrogen) atoms. The highest BCUT2D eigenvalue weighted by molar-refractivity contribution is 5.38. The van der Waals surface area contributed by atoms with Gasteiger partial charge in [0.25, 0.3) is 0 Å². The maximum atomic E-state index is 13.6. The molecule has 0 aliphatic heterocycles. The molecule has 94 valence electrons. The van der Waals surface area contributed by atoms with Gasteiger partial charge in [0, 0.05) is 5.41 Å². The van der Waals surface area contributed by atoms with Gasteiger partial charge in [-0.2, -0.15) is 0 Å². The van der Waals surface area contributed by atoms with Crippen molar-refractivity contribution < 1.29 is 4.39 Å². The van der Waals surface area contributed by atoms with Crippen LogP contribution in [0, 0.1) is 17.7 Å². The summed E-state index contributed by atoms with van der Waals surface area (Å²) in [6.45, 7) is 9.11. The molecule has 0 saturated heterocycles. The van der Waals surface area contributed by atoms with Gasteiger partial charge in [0.2, 0.25) is 0 Å². The highest BCUT2D eigenvalue weighted by atomic mass is 19.1. The lowest BCUT2D eigenvalue weighted by atomic mass is 9.58. The molecule has 0 fully saturated rings. The number of rotatable bonds is 2. The van der Waals surface area contributed by atoms with Crippen molar-refractivity contribution in [2.45, 2.75) is 52.4 Å². The quantitative estimate of drug-likeness (QED) is 0.695. The van der Waals surface area contributed by atoms with Gasteiger partial charge in [-0.3, -0.25) is 0 Å². The van der Waals surface area contributed by atoms with Gasteiger partial charge in [-0.15, -0.1) is 0 Å². The Morgan fingerprint density at radius 3 is 2.35 bits per heavy atom. The van der Waals surface area contributed by atoms with Crippen molar-refractivity contribution in [3.8, 4) is 0 Å². The van der Waals surface area contributed by atoms with E-state index in [4.69, 9.17) is 0 Å². The Morgan fingerprint density at radius 1 is 1.12 bits per heavy atom. The molecule has 1 aromatic carbocycles. The number of hydrogen-bond donors (Lipinski definition) is 0. The SMILES string of the molecule is CC(C)C1(C(C)C)CCCc2ccc(F)cc21. The standard InChI is InChI=1S/C16H23F/c1-11(2)16(12(3)4)9-5-6-13-7-8-14(17)10-15(13)16/h7-8,10-12H,5-6,9H2,1-4H3. The van der Waals surface area contributed by atoms with E-state index in [1.54, 1.807) is 12.1 Å². The fourth-order valence-corrected chi connectivity index (χ4v) is 3.77. The summed E-state index contributed by atoms with van der Waals surface area (Å²) in [5.74, 6) is 1.03. The summed E-state index contributed by atoms with van der Waals surface area (Å²) < 4.78 is 13.6. The van der Waals surface area contributed by atoms with E-state index in [1.807, 2.05) is 6.07 Å². The summed E-state index contributed by atoms with van der Waals surface area (Å²) in [6, 6.07) is 5.38. The Labute approximate surface area is 104 Å². The topological polar surface area (TPSA) is 0 Å². The molecule has 0 unspecified atom stereocenters. The number of aryl methyl sites for hydroxylation is 1. The molecule has 0 aromatic heterocycles. The smallest absolute Gasteiger partial charge is 0.123 e. The summed E-state index contributed by atoms with van der Waals surface area (Å²) in [4.78, 5) is 0. The third-order valence-electron chi connectivity index (χ3n) is 4.67. The molecule has 0 spiro atoms. The molecular weight excluding hydrogens is 211 g/mol. The second kappa shape index (κ2) is 4.44. The lowest BCUT2D eigenvalue weighted by Crippen LogP contribution is -2.41. The number of fused-ring (bicyclic) bond motifs is 1. The van der Waals surface area contributed by atoms with Gasteiger partial charge < -0.3 is 0 Å². The van der Waals surface area contributed by atoms with Gasteiger partial charge in [-0.25, -0.2) is 4.39 Å². The summed E-state index contributed by atoms with van der Waals surface area (Å²) in [7, 11) is 0. The summed E-state index contributed by atoms with van der Waals surface area (Å²) in [5, 5.41) is 0. The largest absolute Gasteiger partial charge is 0.207 e. The molecule has 0 heterocycles. The van der Waals surface area contributed by atoms with E-state index in [-0.39, 0.29) is 11.2 Å².